The minimum atomic E-state index is -3.71. The molecule has 1 atom stereocenters. The van der Waals surface area contributed by atoms with Crippen molar-refractivity contribution < 1.29 is 12.8 Å². The summed E-state index contributed by atoms with van der Waals surface area (Å²) in [6, 6.07) is 12.2. The summed E-state index contributed by atoms with van der Waals surface area (Å²) in [5.41, 5.74) is 1.26. The largest absolute Gasteiger partial charge is 0.339 e. The predicted molar refractivity (Wildman–Crippen MR) is 104 cm³/mol. The lowest BCUT2D eigenvalue weighted by molar-refractivity contribution is 0.185. The fourth-order valence-corrected chi connectivity index (χ4v) is 5.89. The summed E-state index contributed by atoms with van der Waals surface area (Å²) in [7, 11) is -2.07. The fraction of sp³-hybridized carbons (Fsp3) is 0.368. The average Bonchev–Trinajstić information content (AvgIpc) is 2.65. The summed E-state index contributed by atoms with van der Waals surface area (Å²) in [6.45, 7) is 0.512. The number of rotatable bonds is 2. The smallest absolute Gasteiger partial charge is 0.245 e. The van der Waals surface area contributed by atoms with Crippen LogP contribution in [-0.2, 0) is 10.0 Å². The van der Waals surface area contributed by atoms with Gasteiger partial charge in [0.25, 0.3) is 0 Å². The monoisotopic (exact) mass is 438 g/mol. The molecule has 0 bridgehead atoms. The number of nitrogens with zero attached hydrogens (tertiary/aromatic N) is 2. The predicted octanol–water partition coefficient (Wildman–Crippen LogP) is 4.53. The zero-order chi connectivity index (χ0) is 18.5. The lowest BCUT2D eigenvalue weighted by Crippen LogP contribution is -2.47. The lowest BCUT2D eigenvalue weighted by atomic mass is 9.79. The number of fused-ring (bicyclic) bond motifs is 1. The van der Waals surface area contributed by atoms with Crippen molar-refractivity contribution in [1.29, 1.82) is 0 Å². The zero-order valence-corrected chi connectivity index (χ0v) is 16.8. The molecule has 0 spiro atoms. The molecule has 0 amide bonds. The molecule has 1 fully saturated rings. The first-order valence-electron chi connectivity index (χ1n) is 8.69. The molecule has 2 aromatic carbocycles. The van der Waals surface area contributed by atoms with Gasteiger partial charge in [0.1, 0.15) is 10.7 Å². The Kier molecular flexibility index (Phi) is 4.57. The van der Waals surface area contributed by atoms with E-state index in [9.17, 15) is 12.8 Å². The highest BCUT2D eigenvalue weighted by molar-refractivity contribution is 9.10. The molecule has 4 rings (SSSR count). The Balaban J connectivity index is 1.94. The molecular formula is C19H20BrFN2O2S. The molecule has 138 valence electrons. The summed E-state index contributed by atoms with van der Waals surface area (Å²) < 4.78 is 42.5. The van der Waals surface area contributed by atoms with Crippen molar-refractivity contribution >= 4 is 37.3 Å². The van der Waals surface area contributed by atoms with E-state index in [4.69, 9.17) is 0 Å². The molecule has 7 heteroatoms. The van der Waals surface area contributed by atoms with Gasteiger partial charge in [0.05, 0.1) is 10.2 Å². The molecule has 0 saturated heterocycles. The van der Waals surface area contributed by atoms with Crippen molar-refractivity contribution in [3.05, 3.63) is 52.8 Å². The van der Waals surface area contributed by atoms with E-state index in [0.717, 1.165) is 24.9 Å². The molecule has 0 aromatic heterocycles. The normalized spacial score (nSPS) is 23.2. The molecular weight excluding hydrogens is 419 g/mol. The average molecular weight is 439 g/mol. The molecule has 0 radical (unpaired) electrons. The van der Waals surface area contributed by atoms with Crippen molar-refractivity contribution in [3.63, 3.8) is 0 Å². The van der Waals surface area contributed by atoms with Gasteiger partial charge in [-0.25, -0.2) is 12.8 Å². The molecule has 4 nitrogen and oxygen atoms in total. The number of sulfonamides is 1. The molecule has 1 aliphatic carbocycles. The first-order chi connectivity index (χ1) is 12.4. The molecule has 1 heterocycles. The van der Waals surface area contributed by atoms with Gasteiger partial charge in [-0.15, -0.1) is 0 Å². The second-order valence-electron chi connectivity index (χ2n) is 6.96. The van der Waals surface area contributed by atoms with Crippen LogP contribution in [0.15, 0.2) is 51.8 Å². The van der Waals surface area contributed by atoms with Crippen molar-refractivity contribution in [2.75, 3.05) is 18.5 Å². The molecule has 2 aromatic rings. The highest BCUT2D eigenvalue weighted by atomic mass is 79.9. The Morgan fingerprint density at radius 1 is 1.15 bits per heavy atom. The number of likely N-dealkylation sites (N-methyl/N-ethyl adjacent to an activating group) is 1. The molecule has 26 heavy (non-hydrogen) atoms. The maximum Gasteiger partial charge on any atom is 0.245 e. The van der Waals surface area contributed by atoms with Gasteiger partial charge in [-0.05, 0) is 52.9 Å². The zero-order valence-electron chi connectivity index (χ0n) is 14.4. The van der Waals surface area contributed by atoms with Crippen molar-refractivity contribution in [1.82, 2.24) is 4.31 Å². The molecule has 1 saturated carbocycles. The van der Waals surface area contributed by atoms with Crippen LogP contribution in [0.2, 0.25) is 0 Å². The Labute approximate surface area is 161 Å². The number of hydrogen-bond donors (Lipinski definition) is 0. The van der Waals surface area contributed by atoms with Gasteiger partial charge in [-0.2, -0.15) is 4.31 Å². The fourth-order valence-electron chi connectivity index (χ4n) is 3.79. The summed E-state index contributed by atoms with van der Waals surface area (Å²) in [4.78, 5) is 2.08. The topological polar surface area (TPSA) is 40.6 Å². The Hall–Kier alpha value is -1.44. The van der Waals surface area contributed by atoms with E-state index in [1.807, 2.05) is 35.2 Å². The number of para-hydroxylation sites is 1. The third-order valence-electron chi connectivity index (χ3n) is 5.55. The van der Waals surface area contributed by atoms with Crippen LogP contribution in [0.25, 0.3) is 0 Å². The van der Waals surface area contributed by atoms with Crippen LogP contribution in [0.4, 0.5) is 15.8 Å². The molecule has 1 aliphatic heterocycles. The highest BCUT2D eigenvalue weighted by Crippen LogP contribution is 2.43. The first kappa shape index (κ1) is 17.9. The van der Waals surface area contributed by atoms with Crippen LogP contribution >= 0.6 is 15.9 Å². The molecule has 0 N–H and O–H groups in total. The highest BCUT2D eigenvalue weighted by Gasteiger charge is 2.42. The molecule has 2 aliphatic rings. The van der Waals surface area contributed by atoms with Gasteiger partial charge < -0.3 is 4.90 Å². The van der Waals surface area contributed by atoms with E-state index in [1.54, 1.807) is 7.05 Å². The second kappa shape index (κ2) is 6.62. The van der Waals surface area contributed by atoms with Gasteiger partial charge in [0.2, 0.25) is 10.0 Å². The number of hydrogen-bond acceptors (Lipinski definition) is 3. The Morgan fingerprint density at radius 3 is 2.46 bits per heavy atom. The number of halogens is 2. The van der Waals surface area contributed by atoms with E-state index in [1.165, 1.54) is 16.4 Å². The summed E-state index contributed by atoms with van der Waals surface area (Å²) in [5, 5.41) is 0. The van der Waals surface area contributed by atoms with E-state index in [-0.39, 0.29) is 15.4 Å². The van der Waals surface area contributed by atoms with Gasteiger partial charge >= 0.3 is 0 Å². The first-order valence-corrected chi connectivity index (χ1v) is 10.9. The van der Waals surface area contributed by atoms with E-state index < -0.39 is 15.8 Å². The van der Waals surface area contributed by atoms with Crippen molar-refractivity contribution in [3.8, 4) is 0 Å². The number of benzene rings is 2. The molecule has 0 unspecified atom stereocenters. The van der Waals surface area contributed by atoms with Gasteiger partial charge in [-0.3, -0.25) is 0 Å². The van der Waals surface area contributed by atoms with Crippen LogP contribution in [0, 0.1) is 11.7 Å². The van der Waals surface area contributed by atoms with Crippen molar-refractivity contribution in [2.45, 2.75) is 30.2 Å². The van der Waals surface area contributed by atoms with Gasteiger partial charge in [-0.1, -0.05) is 24.6 Å². The third kappa shape index (κ3) is 2.86. The van der Waals surface area contributed by atoms with Crippen LogP contribution < -0.4 is 4.90 Å². The maximum absolute atomic E-state index is 14.3. The van der Waals surface area contributed by atoms with Gasteiger partial charge in [0.15, 0.2) is 0 Å². The van der Waals surface area contributed by atoms with E-state index in [0.29, 0.717) is 18.2 Å². The van der Waals surface area contributed by atoms with Crippen LogP contribution in [-0.4, -0.2) is 32.4 Å². The minimum Gasteiger partial charge on any atom is -0.339 e. The van der Waals surface area contributed by atoms with E-state index >= 15 is 0 Å². The van der Waals surface area contributed by atoms with Crippen LogP contribution in [0.1, 0.15) is 19.3 Å². The maximum atomic E-state index is 14.3. The van der Waals surface area contributed by atoms with E-state index in [2.05, 4.69) is 15.9 Å². The SMILES string of the molecule is CN1[C@H](C2CCC2)CN(c2ccccc2)c2cc(F)c(Br)cc2S1(=O)=O. The minimum absolute atomic E-state index is 0.136. The summed E-state index contributed by atoms with van der Waals surface area (Å²) >= 11 is 3.14. The standard InChI is InChI=1S/C19H20BrFN2O2S/c1-22-18(13-6-5-7-13)12-23(14-8-3-2-4-9-14)17-11-16(21)15(20)10-19(17)26(22,24)25/h2-4,8-11,13,18H,5-7,12H2,1H3/t18-/m0/s1. The second-order valence-corrected chi connectivity index (χ2v) is 9.78. The summed E-state index contributed by atoms with van der Waals surface area (Å²) in [5.74, 6) is -0.131. The number of anilines is 2. The lowest BCUT2D eigenvalue weighted by Gasteiger charge is -2.39. The Bertz CT molecular complexity index is 932. The summed E-state index contributed by atoms with van der Waals surface area (Å²) in [6.07, 6.45) is 3.19. The van der Waals surface area contributed by atoms with Crippen LogP contribution in [0.5, 0.6) is 0 Å². The van der Waals surface area contributed by atoms with Gasteiger partial charge in [0, 0.05) is 31.4 Å². The Morgan fingerprint density at radius 2 is 1.85 bits per heavy atom. The van der Waals surface area contributed by atoms with Crippen LogP contribution in [0.3, 0.4) is 0 Å². The van der Waals surface area contributed by atoms with Crippen molar-refractivity contribution in [2.24, 2.45) is 5.92 Å². The third-order valence-corrected chi connectivity index (χ3v) is 8.07. The quantitative estimate of drug-likeness (QED) is 0.691.